The Morgan fingerprint density at radius 1 is 1.04 bits per heavy atom. The summed E-state index contributed by atoms with van der Waals surface area (Å²) in [4.78, 5) is 22.0. The number of hydrogen-bond donors (Lipinski definition) is 0. The molecule has 1 aliphatic rings. The third kappa shape index (κ3) is 3.52. The van der Waals surface area contributed by atoms with Gasteiger partial charge >= 0.3 is 0 Å². The van der Waals surface area contributed by atoms with Crippen LogP contribution in [0.4, 0.5) is 5.69 Å². The van der Waals surface area contributed by atoms with Crippen LogP contribution in [-0.4, -0.2) is 42.0 Å². The van der Waals surface area contributed by atoms with Gasteiger partial charge in [-0.1, -0.05) is 36.4 Å². The molecule has 0 aliphatic carbocycles. The summed E-state index contributed by atoms with van der Waals surface area (Å²) in [5, 5.41) is 1.02. The molecule has 1 amide bonds. The number of anilines is 1. The van der Waals surface area contributed by atoms with E-state index in [9.17, 15) is 4.79 Å². The standard InChI is InChI=1S/C23H25N3O/c1-17-21(16-18-8-6-7-11-22(18)24-17)23(27)26-14-12-20(13-15-26)25(2)19-9-4-3-5-10-19/h3-11,16,20H,12-15H2,1-2H3. The number of aryl methyl sites for hydroxylation is 1. The highest BCUT2D eigenvalue weighted by atomic mass is 16.2. The highest BCUT2D eigenvalue weighted by Gasteiger charge is 2.27. The number of rotatable bonds is 3. The molecule has 0 spiro atoms. The minimum Gasteiger partial charge on any atom is -0.371 e. The van der Waals surface area contributed by atoms with E-state index in [4.69, 9.17) is 0 Å². The molecule has 1 aliphatic heterocycles. The first-order chi connectivity index (χ1) is 13.1. The number of para-hydroxylation sites is 2. The number of carbonyl (C=O) groups excluding carboxylic acids is 1. The van der Waals surface area contributed by atoms with Crippen molar-refractivity contribution in [2.24, 2.45) is 0 Å². The highest BCUT2D eigenvalue weighted by Crippen LogP contribution is 2.24. The molecule has 0 saturated carbocycles. The van der Waals surface area contributed by atoms with Crippen molar-refractivity contribution in [1.29, 1.82) is 0 Å². The molecule has 3 aromatic rings. The van der Waals surface area contributed by atoms with E-state index >= 15 is 0 Å². The molecule has 4 heteroatoms. The van der Waals surface area contributed by atoms with Crippen LogP contribution in [0.3, 0.4) is 0 Å². The number of nitrogens with zero attached hydrogens (tertiary/aromatic N) is 3. The zero-order chi connectivity index (χ0) is 18.8. The van der Waals surface area contributed by atoms with Crippen LogP contribution in [0.15, 0.2) is 60.7 Å². The van der Waals surface area contributed by atoms with Gasteiger partial charge in [0.2, 0.25) is 0 Å². The van der Waals surface area contributed by atoms with Crippen LogP contribution >= 0.6 is 0 Å². The monoisotopic (exact) mass is 359 g/mol. The summed E-state index contributed by atoms with van der Waals surface area (Å²) >= 11 is 0. The Hall–Kier alpha value is -2.88. The average molecular weight is 359 g/mol. The van der Waals surface area contributed by atoms with E-state index in [0.29, 0.717) is 6.04 Å². The molecule has 0 atom stereocenters. The number of benzene rings is 2. The molecule has 0 bridgehead atoms. The van der Waals surface area contributed by atoms with Crippen molar-refractivity contribution in [3.8, 4) is 0 Å². The molecule has 2 aromatic carbocycles. The molecule has 0 radical (unpaired) electrons. The van der Waals surface area contributed by atoms with Gasteiger partial charge in [-0.3, -0.25) is 9.78 Å². The topological polar surface area (TPSA) is 36.4 Å². The van der Waals surface area contributed by atoms with Crippen LogP contribution in [0.5, 0.6) is 0 Å². The fourth-order valence-corrected chi connectivity index (χ4v) is 3.93. The van der Waals surface area contributed by atoms with E-state index in [1.54, 1.807) is 0 Å². The maximum Gasteiger partial charge on any atom is 0.255 e. The van der Waals surface area contributed by atoms with Gasteiger partial charge in [-0.05, 0) is 44.0 Å². The predicted molar refractivity (Wildman–Crippen MR) is 110 cm³/mol. The number of pyridine rings is 1. The Morgan fingerprint density at radius 3 is 2.44 bits per heavy atom. The van der Waals surface area contributed by atoms with Crippen molar-refractivity contribution >= 4 is 22.5 Å². The first kappa shape index (κ1) is 17.5. The molecular weight excluding hydrogens is 334 g/mol. The third-order valence-corrected chi connectivity index (χ3v) is 5.61. The molecular formula is C23H25N3O. The normalized spacial score (nSPS) is 15.1. The largest absolute Gasteiger partial charge is 0.371 e. The van der Waals surface area contributed by atoms with Gasteiger partial charge in [0.1, 0.15) is 0 Å². The Kier molecular flexibility index (Phi) is 4.80. The van der Waals surface area contributed by atoms with Gasteiger partial charge < -0.3 is 9.80 Å². The summed E-state index contributed by atoms with van der Waals surface area (Å²) in [6, 6.07) is 20.9. The maximum absolute atomic E-state index is 13.1. The molecule has 1 aromatic heterocycles. The van der Waals surface area contributed by atoms with Gasteiger partial charge in [0.05, 0.1) is 16.8 Å². The van der Waals surface area contributed by atoms with Gasteiger partial charge in [-0.25, -0.2) is 0 Å². The quantitative estimate of drug-likeness (QED) is 0.700. The highest BCUT2D eigenvalue weighted by molar-refractivity contribution is 5.98. The van der Waals surface area contributed by atoms with Gasteiger partial charge in [0.15, 0.2) is 0 Å². The number of carbonyl (C=O) groups is 1. The minimum atomic E-state index is 0.103. The molecule has 2 heterocycles. The number of amides is 1. The molecule has 4 nitrogen and oxygen atoms in total. The van der Waals surface area contributed by atoms with Gasteiger partial charge in [0.25, 0.3) is 5.91 Å². The molecule has 4 rings (SSSR count). The molecule has 1 fully saturated rings. The average Bonchev–Trinajstić information content (AvgIpc) is 2.73. The van der Waals surface area contributed by atoms with Crippen LogP contribution in [0.2, 0.25) is 0 Å². The summed E-state index contributed by atoms with van der Waals surface area (Å²) in [6.45, 7) is 3.50. The van der Waals surface area contributed by atoms with E-state index in [1.807, 2.05) is 48.2 Å². The summed E-state index contributed by atoms with van der Waals surface area (Å²) in [6.07, 6.45) is 1.97. The van der Waals surface area contributed by atoms with Crippen LogP contribution < -0.4 is 4.90 Å². The second-order valence-electron chi connectivity index (χ2n) is 7.28. The predicted octanol–water partition coefficient (Wildman–Crippen LogP) is 4.28. The Morgan fingerprint density at radius 2 is 1.70 bits per heavy atom. The lowest BCUT2D eigenvalue weighted by Crippen LogP contribution is -2.45. The molecule has 1 saturated heterocycles. The van der Waals surface area contributed by atoms with Gasteiger partial charge in [0, 0.05) is 37.3 Å². The lowest BCUT2D eigenvalue weighted by atomic mass is 10.0. The maximum atomic E-state index is 13.1. The summed E-state index contributed by atoms with van der Waals surface area (Å²) in [5.41, 5.74) is 3.71. The Balaban J connectivity index is 1.47. The third-order valence-electron chi connectivity index (χ3n) is 5.61. The zero-order valence-corrected chi connectivity index (χ0v) is 15.9. The summed E-state index contributed by atoms with van der Waals surface area (Å²) < 4.78 is 0. The fourth-order valence-electron chi connectivity index (χ4n) is 3.93. The molecule has 0 N–H and O–H groups in total. The van der Waals surface area contributed by atoms with Crippen molar-refractivity contribution in [3.05, 3.63) is 71.9 Å². The SMILES string of the molecule is Cc1nc2ccccc2cc1C(=O)N1CCC(N(C)c2ccccc2)CC1. The molecule has 27 heavy (non-hydrogen) atoms. The fraction of sp³-hybridized carbons (Fsp3) is 0.304. The summed E-state index contributed by atoms with van der Waals surface area (Å²) in [5.74, 6) is 0.103. The zero-order valence-electron chi connectivity index (χ0n) is 15.9. The van der Waals surface area contributed by atoms with Crippen molar-refractivity contribution in [3.63, 3.8) is 0 Å². The minimum absolute atomic E-state index is 0.103. The van der Waals surface area contributed by atoms with E-state index in [0.717, 1.165) is 48.1 Å². The lowest BCUT2D eigenvalue weighted by Gasteiger charge is -2.38. The Labute approximate surface area is 160 Å². The van der Waals surface area contributed by atoms with Crippen LogP contribution in [0.1, 0.15) is 28.9 Å². The smallest absolute Gasteiger partial charge is 0.255 e. The summed E-state index contributed by atoms with van der Waals surface area (Å²) in [7, 11) is 2.15. The van der Waals surface area contributed by atoms with Crippen molar-refractivity contribution in [1.82, 2.24) is 9.88 Å². The number of hydrogen-bond acceptors (Lipinski definition) is 3. The first-order valence-corrected chi connectivity index (χ1v) is 9.57. The van der Waals surface area contributed by atoms with Crippen molar-refractivity contribution < 1.29 is 4.79 Å². The molecule has 138 valence electrons. The number of likely N-dealkylation sites (tertiary alicyclic amines) is 1. The second kappa shape index (κ2) is 7.39. The van der Waals surface area contributed by atoms with Gasteiger partial charge in [-0.15, -0.1) is 0 Å². The van der Waals surface area contributed by atoms with Crippen LogP contribution in [0.25, 0.3) is 10.9 Å². The van der Waals surface area contributed by atoms with E-state index in [1.165, 1.54) is 5.69 Å². The first-order valence-electron chi connectivity index (χ1n) is 9.57. The Bertz CT molecular complexity index is 946. The van der Waals surface area contributed by atoms with E-state index in [-0.39, 0.29) is 5.91 Å². The van der Waals surface area contributed by atoms with Gasteiger partial charge in [-0.2, -0.15) is 0 Å². The van der Waals surface area contributed by atoms with Crippen molar-refractivity contribution in [2.75, 3.05) is 25.0 Å². The molecule has 0 unspecified atom stereocenters. The van der Waals surface area contributed by atoms with Crippen LogP contribution in [0, 0.1) is 6.92 Å². The number of piperidine rings is 1. The van der Waals surface area contributed by atoms with Crippen molar-refractivity contribution in [2.45, 2.75) is 25.8 Å². The van der Waals surface area contributed by atoms with E-state index in [2.05, 4.69) is 41.2 Å². The lowest BCUT2D eigenvalue weighted by molar-refractivity contribution is 0.0712. The number of fused-ring (bicyclic) bond motifs is 1. The van der Waals surface area contributed by atoms with E-state index < -0.39 is 0 Å². The second-order valence-corrected chi connectivity index (χ2v) is 7.28. The number of aromatic nitrogens is 1. The van der Waals surface area contributed by atoms with Crippen LogP contribution in [-0.2, 0) is 0 Å².